The molecule has 0 unspecified atom stereocenters. The van der Waals surface area contributed by atoms with E-state index in [1.54, 1.807) is 0 Å². The quantitative estimate of drug-likeness (QED) is 0.654. The van der Waals surface area contributed by atoms with Gasteiger partial charge >= 0.3 is 0 Å². The van der Waals surface area contributed by atoms with E-state index in [-0.39, 0.29) is 5.78 Å². The molecule has 0 fully saturated rings. The van der Waals surface area contributed by atoms with Gasteiger partial charge in [-0.2, -0.15) is 0 Å². The predicted octanol–water partition coefficient (Wildman–Crippen LogP) is 4.18. The Morgan fingerprint density at radius 3 is 2.63 bits per heavy atom. The highest BCUT2D eigenvalue weighted by molar-refractivity contribution is 6.31. The molecule has 0 spiro atoms. The average Bonchev–Trinajstić information content (AvgIpc) is 2.82. The zero-order chi connectivity index (χ0) is 13.2. The van der Waals surface area contributed by atoms with E-state index in [4.69, 9.17) is 11.6 Å². The zero-order valence-electron chi connectivity index (χ0n) is 10.2. The molecule has 0 aliphatic rings. The van der Waals surface area contributed by atoms with Crippen molar-refractivity contribution in [3.05, 3.63) is 71.4 Å². The molecule has 0 radical (unpaired) electrons. The van der Waals surface area contributed by atoms with Gasteiger partial charge < -0.3 is 4.57 Å². The number of halogens is 1. The maximum atomic E-state index is 12.2. The molecule has 0 saturated heterocycles. The molecule has 2 nitrogen and oxygen atoms in total. The second kappa shape index (κ2) is 4.90. The monoisotopic (exact) mass is 269 g/mol. The van der Waals surface area contributed by atoms with Crippen LogP contribution in [0.15, 0.2) is 60.8 Å². The van der Waals surface area contributed by atoms with Crippen molar-refractivity contribution in [3.8, 4) is 0 Å². The van der Waals surface area contributed by atoms with Crippen LogP contribution in [0.2, 0.25) is 5.02 Å². The summed E-state index contributed by atoms with van der Waals surface area (Å²) >= 11 is 5.95. The Hall–Kier alpha value is -2.06. The van der Waals surface area contributed by atoms with Crippen molar-refractivity contribution in [2.75, 3.05) is 0 Å². The van der Waals surface area contributed by atoms with Crippen LogP contribution in [0.5, 0.6) is 0 Å². The van der Waals surface area contributed by atoms with Crippen LogP contribution >= 0.6 is 11.6 Å². The first-order valence-corrected chi connectivity index (χ1v) is 6.44. The van der Waals surface area contributed by atoms with Crippen molar-refractivity contribution in [2.45, 2.75) is 6.54 Å². The molecule has 3 aromatic rings. The summed E-state index contributed by atoms with van der Waals surface area (Å²) in [6.45, 7) is 0.342. The first-order chi connectivity index (χ1) is 9.24. The highest BCUT2D eigenvalue weighted by atomic mass is 35.5. The van der Waals surface area contributed by atoms with E-state index in [1.807, 2.05) is 65.4 Å². The fourth-order valence-corrected chi connectivity index (χ4v) is 2.36. The Morgan fingerprint density at radius 1 is 1.05 bits per heavy atom. The summed E-state index contributed by atoms with van der Waals surface area (Å²) in [5, 5.41) is 1.76. The van der Waals surface area contributed by atoms with Crippen molar-refractivity contribution in [1.82, 2.24) is 4.57 Å². The number of rotatable bonds is 3. The number of ketones is 1. The SMILES string of the molecule is O=C(Cn1ccc2cc(Cl)ccc21)c1ccccc1. The highest BCUT2D eigenvalue weighted by Crippen LogP contribution is 2.20. The number of benzene rings is 2. The van der Waals surface area contributed by atoms with E-state index in [2.05, 4.69) is 0 Å². The van der Waals surface area contributed by atoms with Gasteiger partial charge in [0, 0.05) is 27.7 Å². The molecule has 0 N–H and O–H groups in total. The number of hydrogen-bond acceptors (Lipinski definition) is 1. The molecule has 0 saturated carbocycles. The van der Waals surface area contributed by atoms with Gasteiger partial charge in [-0.15, -0.1) is 0 Å². The third kappa shape index (κ3) is 2.40. The summed E-state index contributed by atoms with van der Waals surface area (Å²) in [5.41, 5.74) is 1.76. The van der Waals surface area contributed by atoms with Gasteiger partial charge in [-0.05, 0) is 24.3 Å². The minimum Gasteiger partial charge on any atom is -0.340 e. The molecule has 3 rings (SSSR count). The largest absolute Gasteiger partial charge is 0.340 e. The zero-order valence-corrected chi connectivity index (χ0v) is 11.0. The highest BCUT2D eigenvalue weighted by Gasteiger charge is 2.08. The third-order valence-corrected chi connectivity index (χ3v) is 3.38. The Bertz CT molecular complexity index is 731. The molecule has 94 valence electrons. The lowest BCUT2D eigenvalue weighted by Gasteiger charge is -2.05. The van der Waals surface area contributed by atoms with E-state index < -0.39 is 0 Å². The van der Waals surface area contributed by atoms with E-state index in [9.17, 15) is 4.79 Å². The molecule has 0 atom stereocenters. The van der Waals surface area contributed by atoms with Crippen LogP contribution in [-0.2, 0) is 6.54 Å². The standard InChI is InChI=1S/C16H12ClNO/c17-14-6-7-15-13(10-14)8-9-18(15)11-16(19)12-4-2-1-3-5-12/h1-10H,11H2. The second-order valence-electron chi connectivity index (χ2n) is 4.44. The maximum absolute atomic E-state index is 12.2. The van der Waals surface area contributed by atoms with Gasteiger partial charge in [0.15, 0.2) is 5.78 Å². The summed E-state index contributed by atoms with van der Waals surface area (Å²) in [7, 11) is 0. The minimum atomic E-state index is 0.105. The molecule has 2 aromatic carbocycles. The normalized spacial score (nSPS) is 10.8. The van der Waals surface area contributed by atoms with E-state index in [0.29, 0.717) is 11.6 Å². The van der Waals surface area contributed by atoms with Gasteiger partial charge in [0.05, 0.1) is 6.54 Å². The van der Waals surface area contributed by atoms with Crippen LogP contribution in [0.3, 0.4) is 0 Å². The van der Waals surface area contributed by atoms with E-state index in [1.165, 1.54) is 0 Å². The van der Waals surface area contributed by atoms with Crippen molar-refractivity contribution >= 4 is 28.3 Å². The average molecular weight is 270 g/mol. The van der Waals surface area contributed by atoms with Gasteiger partial charge in [-0.3, -0.25) is 4.79 Å². The molecule has 1 heterocycles. The number of carbonyl (C=O) groups excluding carboxylic acids is 1. The molecule has 0 aliphatic carbocycles. The van der Waals surface area contributed by atoms with Gasteiger partial charge in [0.25, 0.3) is 0 Å². The fraction of sp³-hybridized carbons (Fsp3) is 0.0625. The third-order valence-electron chi connectivity index (χ3n) is 3.14. The first-order valence-electron chi connectivity index (χ1n) is 6.07. The Balaban J connectivity index is 1.92. The van der Waals surface area contributed by atoms with Crippen LogP contribution in [0.1, 0.15) is 10.4 Å². The summed E-state index contributed by atoms with van der Waals surface area (Å²) in [6.07, 6.45) is 1.92. The number of Topliss-reactive ketones (excluding diaryl/α,β-unsaturated/α-hetero) is 1. The molecular formula is C16H12ClNO. The van der Waals surface area contributed by atoms with E-state index in [0.717, 1.165) is 16.5 Å². The lowest BCUT2D eigenvalue weighted by atomic mass is 10.1. The topological polar surface area (TPSA) is 22.0 Å². The summed E-state index contributed by atoms with van der Waals surface area (Å²) in [6, 6.07) is 17.0. The van der Waals surface area contributed by atoms with Gasteiger partial charge in [-0.25, -0.2) is 0 Å². The Kier molecular flexibility index (Phi) is 3.10. The van der Waals surface area contributed by atoms with Crippen LogP contribution < -0.4 is 0 Å². The molecular weight excluding hydrogens is 258 g/mol. The molecule has 3 heteroatoms. The van der Waals surface area contributed by atoms with Crippen LogP contribution in [0.4, 0.5) is 0 Å². The molecule has 19 heavy (non-hydrogen) atoms. The molecule has 0 aliphatic heterocycles. The van der Waals surface area contributed by atoms with Gasteiger partial charge in [-0.1, -0.05) is 41.9 Å². The summed E-state index contributed by atoms with van der Waals surface area (Å²) in [4.78, 5) is 12.2. The molecule has 0 bridgehead atoms. The van der Waals surface area contributed by atoms with E-state index >= 15 is 0 Å². The van der Waals surface area contributed by atoms with Gasteiger partial charge in [0.2, 0.25) is 0 Å². The lowest BCUT2D eigenvalue weighted by molar-refractivity contribution is 0.0973. The first kappa shape index (κ1) is 12.0. The number of aromatic nitrogens is 1. The Labute approximate surface area is 116 Å². The van der Waals surface area contributed by atoms with Crippen LogP contribution in [-0.4, -0.2) is 10.4 Å². The summed E-state index contributed by atoms with van der Waals surface area (Å²) < 4.78 is 1.95. The second-order valence-corrected chi connectivity index (χ2v) is 4.87. The fourth-order valence-electron chi connectivity index (χ4n) is 2.18. The number of fused-ring (bicyclic) bond motifs is 1. The van der Waals surface area contributed by atoms with Crippen LogP contribution in [0.25, 0.3) is 10.9 Å². The predicted molar refractivity (Wildman–Crippen MR) is 77.7 cm³/mol. The van der Waals surface area contributed by atoms with Crippen molar-refractivity contribution in [2.24, 2.45) is 0 Å². The minimum absolute atomic E-state index is 0.105. The van der Waals surface area contributed by atoms with Gasteiger partial charge in [0.1, 0.15) is 0 Å². The van der Waals surface area contributed by atoms with Crippen molar-refractivity contribution in [3.63, 3.8) is 0 Å². The smallest absolute Gasteiger partial charge is 0.182 e. The lowest BCUT2D eigenvalue weighted by Crippen LogP contribution is -2.09. The maximum Gasteiger partial charge on any atom is 0.182 e. The van der Waals surface area contributed by atoms with Crippen LogP contribution in [0, 0.1) is 0 Å². The molecule has 1 aromatic heterocycles. The Morgan fingerprint density at radius 2 is 1.84 bits per heavy atom. The van der Waals surface area contributed by atoms with Crippen molar-refractivity contribution < 1.29 is 4.79 Å². The number of nitrogens with zero attached hydrogens (tertiary/aromatic N) is 1. The molecule has 0 amide bonds. The summed E-state index contributed by atoms with van der Waals surface area (Å²) in [5.74, 6) is 0.105. The van der Waals surface area contributed by atoms with Crippen molar-refractivity contribution in [1.29, 1.82) is 0 Å². The number of carbonyl (C=O) groups is 1. The number of hydrogen-bond donors (Lipinski definition) is 0.